The average Bonchev–Trinajstić information content (AvgIpc) is 3.29. The number of pyridine rings is 2. The van der Waals surface area contributed by atoms with E-state index in [2.05, 4.69) is 15.3 Å². The van der Waals surface area contributed by atoms with Crippen LogP contribution in [0.3, 0.4) is 0 Å². The van der Waals surface area contributed by atoms with E-state index in [0.717, 1.165) is 37.1 Å². The molecule has 0 radical (unpaired) electrons. The van der Waals surface area contributed by atoms with Crippen LogP contribution in [0.15, 0.2) is 36.8 Å². The molecule has 0 spiro atoms. The van der Waals surface area contributed by atoms with Gasteiger partial charge in [-0.2, -0.15) is 0 Å². The number of amides is 2. The summed E-state index contributed by atoms with van der Waals surface area (Å²) < 4.78 is 1.82. The van der Waals surface area contributed by atoms with Gasteiger partial charge in [0.1, 0.15) is 11.5 Å². The summed E-state index contributed by atoms with van der Waals surface area (Å²) in [6, 6.07) is 5.53. The van der Waals surface area contributed by atoms with Crippen molar-refractivity contribution in [3.8, 4) is 11.1 Å². The number of likely N-dealkylation sites (tertiary alicyclic amines) is 1. The molecule has 3 N–H and O–H groups in total. The van der Waals surface area contributed by atoms with Crippen molar-refractivity contribution in [3.05, 3.63) is 42.4 Å². The Balaban J connectivity index is 1.69. The predicted octanol–water partition coefficient (Wildman–Crippen LogP) is 2.17. The standard InChI is InChI=1S/C19H20N6O2/c1-12(26)22-16-11-25-10-13(4-5-17(25)23-16)14-8-15(18(20)21-9-14)19(27)24-6-2-3-7-24/h4-5,8-11H,2-3,6-7H2,1H3,(H2,20,21)(H,22,26). The number of nitrogens with two attached hydrogens (primary N) is 1. The Labute approximate surface area is 156 Å². The van der Waals surface area contributed by atoms with Crippen molar-refractivity contribution in [2.45, 2.75) is 19.8 Å². The fraction of sp³-hybridized carbons (Fsp3) is 0.263. The van der Waals surface area contributed by atoms with Crippen molar-refractivity contribution in [1.82, 2.24) is 19.3 Å². The number of aromatic nitrogens is 3. The number of carbonyl (C=O) groups is 2. The molecule has 0 saturated carbocycles. The highest BCUT2D eigenvalue weighted by molar-refractivity contribution is 5.99. The molecule has 3 aromatic heterocycles. The van der Waals surface area contributed by atoms with Crippen molar-refractivity contribution < 1.29 is 9.59 Å². The van der Waals surface area contributed by atoms with E-state index >= 15 is 0 Å². The Morgan fingerprint density at radius 1 is 1.15 bits per heavy atom. The number of nitrogens with one attached hydrogen (secondary N) is 1. The lowest BCUT2D eigenvalue weighted by molar-refractivity contribution is -0.114. The summed E-state index contributed by atoms with van der Waals surface area (Å²) in [6.07, 6.45) is 7.31. The number of nitrogens with zero attached hydrogens (tertiary/aromatic N) is 4. The van der Waals surface area contributed by atoms with E-state index in [4.69, 9.17) is 5.73 Å². The Bertz CT molecular complexity index is 1040. The first-order valence-corrected chi connectivity index (χ1v) is 8.83. The molecular formula is C19H20N6O2. The van der Waals surface area contributed by atoms with Gasteiger partial charge in [-0.1, -0.05) is 0 Å². The molecule has 1 saturated heterocycles. The molecule has 8 nitrogen and oxygen atoms in total. The first-order valence-electron chi connectivity index (χ1n) is 8.83. The fourth-order valence-electron chi connectivity index (χ4n) is 3.30. The van der Waals surface area contributed by atoms with Crippen molar-refractivity contribution in [3.63, 3.8) is 0 Å². The summed E-state index contributed by atoms with van der Waals surface area (Å²) in [5.41, 5.74) is 8.77. The van der Waals surface area contributed by atoms with E-state index in [1.165, 1.54) is 6.92 Å². The number of imidazole rings is 1. The van der Waals surface area contributed by atoms with Gasteiger partial charge in [-0.3, -0.25) is 9.59 Å². The van der Waals surface area contributed by atoms with Gasteiger partial charge in [-0.25, -0.2) is 9.97 Å². The van der Waals surface area contributed by atoms with Crippen LogP contribution in [0, 0.1) is 0 Å². The highest BCUT2D eigenvalue weighted by atomic mass is 16.2. The number of fused-ring (bicyclic) bond motifs is 1. The van der Waals surface area contributed by atoms with E-state index in [1.54, 1.807) is 18.5 Å². The Hall–Kier alpha value is -3.42. The zero-order chi connectivity index (χ0) is 19.0. The smallest absolute Gasteiger partial charge is 0.257 e. The molecule has 0 atom stereocenters. The first kappa shape index (κ1) is 17.0. The number of hydrogen-bond acceptors (Lipinski definition) is 5. The topological polar surface area (TPSA) is 106 Å². The van der Waals surface area contributed by atoms with Crippen LogP contribution in [0.4, 0.5) is 11.6 Å². The third kappa shape index (κ3) is 3.33. The van der Waals surface area contributed by atoms with E-state index in [1.807, 2.05) is 27.6 Å². The van der Waals surface area contributed by atoms with Crippen molar-refractivity contribution in [2.24, 2.45) is 0 Å². The number of hydrogen-bond donors (Lipinski definition) is 2. The molecule has 4 rings (SSSR count). The second-order valence-corrected chi connectivity index (χ2v) is 6.65. The number of rotatable bonds is 3. The highest BCUT2D eigenvalue weighted by Gasteiger charge is 2.22. The van der Waals surface area contributed by atoms with Gasteiger partial charge < -0.3 is 20.4 Å². The summed E-state index contributed by atoms with van der Waals surface area (Å²) in [6.45, 7) is 2.96. The van der Waals surface area contributed by atoms with Gasteiger partial charge in [0, 0.05) is 43.5 Å². The number of nitrogen functional groups attached to an aromatic ring is 1. The van der Waals surface area contributed by atoms with Crippen LogP contribution in [-0.4, -0.2) is 44.2 Å². The molecule has 138 valence electrons. The van der Waals surface area contributed by atoms with Crippen molar-refractivity contribution in [1.29, 1.82) is 0 Å². The van der Waals surface area contributed by atoms with E-state index < -0.39 is 0 Å². The van der Waals surface area contributed by atoms with Gasteiger partial charge in [0.15, 0.2) is 5.82 Å². The van der Waals surface area contributed by atoms with Crippen LogP contribution in [0.5, 0.6) is 0 Å². The monoisotopic (exact) mass is 364 g/mol. The SMILES string of the molecule is CC(=O)Nc1cn2cc(-c3cnc(N)c(C(=O)N4CCCC4)c3)ccc2n1. The van der Waals surface area contributed by atoms with Crippen LogP contribution in [0.2, 0.25) is 0 Å². The number of carbonyl (C=O) groups excluding carboxylic acids is 2. The first-order chi connectivity index (χ1) is 13.0. The van der Waals surface area contributed by atoms with Gasteiger partial charge in [-0.05, 0) is 31.0 Å². The van der Waals surface area contributed by atoms with Gasteiger partial charge >= 0.3 is 0 Å². The van der Waals surface area contributed by atoms with Crippen LogP contribution < -0.4 is 11.1 Å². The zero-order valence-corrected chi connectivity index (χ0v) is 15.0. The van der Waals surface area contributed by atoms with Crippen LogP contribution in [0.25, 0.3) is 16.8 Å². The van der Waals surface area contributed by atoms with Crippen molar-refractivity contribution in [2.75, 3.05) is 24.1 Å². The molecule has 0 aliphatic carbocycles. The molecule has 8 heteroatoms. The minimum absolute atomic E-state index is 0.0731. The molecule has 27 heavy (non-hydrogen) atoms. The molecule has 1 aliphatic rings. The molecule has 0 bridgehead atoms. The van der Waals surface area contributed by atoms with Gasteiger partial charge in [-0.15, -0.1) is 0 Å². The molecule has 3 aromatic rings. The van der Waals surface area contributed by atoms with Crippen LogP contribution in [-0.2, 0) is 4.79 Å². The van der Waals surface area contributed by atoms with E-state index in [9.17, 15) is 9.59 Å². The summed E-state index contributed by atoms with van der Waals surface area (Å²) >= 11 is 0. The summed E-state index contributed by atoms with van der Waals surface area (Å²) in [5, 5.41) is 2.67. The molecule has 1 aliphatic heterocycles. The van der Waals surface area contributed by atoms with E-state index in [-0.39, 0.29) is 17.6 Å². The van der Waals surface area contributed by atoms with Crippen LogP contribution in [0.1, 0.15) is 30.1 Å². The van der Waals surface area contributed by atoms with Gasteiger partial charge in [0.2, 0.25) is 5.91 Å². The maximum atomic E-state index is 12.7. The minimum Gasteiger partial charge on any atom is -0.383 e. The Morgan fingerprint density at radius 3 is 2.67 bits per heavy atom. The maximum Gasteiger partial charge on any atom is 0.257 e. The summed E-state index contributed by atoms with van der Waals surface area (Å²) in [7, 11) is 0. The quantitative estimate of drug-likeness (QED) is 0.741. The Kier molecular flexibility index (Phi) is 4.23. The zero-order valence-electron chi connectivity index (χ0n) is 15.0. The summed E-state index contributed by atoms with van der Waals surface area (Å²) in [5.74, 6) is 0.481. The second kappa shape index (κ2) is 6.71. The van der Waals surface area contributed by atoms with E-state index in [0.29, 0.717) is 17.0 Å². The third-order valence-corrected chi connectivity index (χ3v) is 4.63. The lowest BCUT2D eigenvalue weighted by atomic mass is 10.1. The Morgan fingerprint density at radius 2 is 1.93 bits per heavy atom. The maximum absolute atomic E-state index is 12.7. The molecule has 1 fully saturated rings. The molecule has 4 heterocycles. The van der Waals surface area contributed by atoms with Crippen molar-refractivity contribution >= 4 is 29.1 Å². The minimum atomic E-state index is -0.175. The second-order valence-electron chi connectivity index (χ2n) is 6.65. The average molecular weight is 364 g/mol. The fourth-order valence-corrected chi connectivity index (χ4v) is 3.30. The summed E-state index contributed by atoms with van der Waals surface area (Å²) in [4.78, 5) is 34.3. The molecular weight excluding hydrogens is 344 g/mol. The van der Waals surface area contributed by atoms with Crippen LogP contribution >= 0.6 is 0 Å². The molecule has 2 amide bonds. The molecule has 0 aromatic carbocycles. The van der Waals surface area contributed by atoms with Gasteiger partial charge in [0.05, 0.1) is 11.8 Å². The molecule has 0 unspecified atom stereocenters. The lowest BCUT2D eigenvalue weighted by Gasteiger charge is -2.16. The lowest BCUT2D eigenvalue weighted by Crippen LogP contribution is -2.28. The predicted molar refractivity (Wildman–Crippen MR) is 102 cm³/mol. The normalized spacial score (nSPS) is 13.9. The highest BCUT2D eigenvalue weighted by Crippen LogP contribution is 2.25. The largest absolute Gasteiger partial charge is 0.383 e. The number of anilines is 2. The van der Waals surface area contributed by atoms with Gasteiger partial charge in [0.25, 0.3) is 5.91 Å². The third-order valence-electron chi connectivity index (χ3n) is 4.63.